The number of anilines is 1. The first kappa shape index (κ1) is 15.0. The summed E-state index contributed by atoms with van der Waals surface area (Å²) in [5.74, 6) is 0. The zero-order valence-electron chi connectivity index (χ0n) is 11.4. The van der Waals surface area contributed by atoms with Crippen LogP contribution in [0.25, 0.3) is 0 Å². The fraction of sp³-hybridized carbons (Fsp3) is 0.308. The number of hydrogen-bond acceptors (Lipinski definition) is 5. The third-order valence-corrected chi connectivity index (χ3v) is 5.13. The quantitative estimate of drug-likeness (QED) is 0.859. The van der Waals surface area contributed by atoms with Crippen LogP contribution in [0.2, 0.25) is 0 Å². The number of aromatic nitrogens is 1. The van der Waals surface area contributed by atoms with E-state index >= 15 is 0 Å². The normalized spacial score (nSPS) is 11.5. The molecule has 5 nitrogen and oxygen atoms in total. The van der Waals surface area contributed by atoms with Crippen LogP contribution in [-0.2, 0) is 16.6 Å². The molecule has 1 heterocycles. The molecule has 0 spiro atoms. The Morgan fingerprint density at radius 3 is 2.70 bits per heavy atom. The molecule has 2 rings (SSSR count). The van der Waals surface area contributed by atoms with E-state index in [9.17, 15) is 8.42 Å². The second kappa shape index (κ2) is 6.34. The van der Waals surface area contributed by atoms with E-state index < -0.39 is 10.0 Å². The van der Waals surface area contributed by atoms with Gasteiger partial charge in [0.25, 0.3) is 0 Å². The Kier molecular flexibility index (Phi) is 4.74. The minimum Gasteiger partial charge on any atom is -0.377 e. The molecule has 1 aromatic carbocycles. The molecule has 0 amide bonds. The molecule has 0 aliphatic heterocycles. The number of nitrogens with zero attached hydrogens (tertiary/aromatic N) is 1. The molecule has 0 fully saturated rings. The molecule has 0 aliphatic rings. The maximum atomic E-state index is 12.1. The van der Waals surface area contributed by atoms with Crippen molar-refractivity contribution in [3.8, 4) is 0 Å². The smallest absolute Gasteiger partial charge is 0.242 e. The lowest BCUT2D eigenvalue weighted by atomic mass is 10.3. The van der Waals surface area contributed by atoms with Crippen LogP contribution in [0.5, 0.6) is 0 Å². The molecular formula is C13H17N3O2S2. The van der Waals surface area contributed by atoms with Crippen molar-refractivity contribution in [3.63, 3.8) is 0 Å². The van der Waals surface area contributed by atoms with Crippen LogP contribution >= 0.6 is 11.3 Å². The molecule has 0 atom stereocenters. The number of aryl methyl sites for hydroxylation is 1. The van der Waals surface area contributed by atoms with Crippen LogP contribution in [0.15, 0.2) is 35.4 Å². The highest BCUT2D eigenvalue weighted by atomic mass is 32.2. The van der Waals surface area contributed by atoms with E-state index in [0.717, 1.165) is 9.88 Å². The lowest BCUT2D eigenvalue weighted by Crippen LogP contribution is -2.24. The zero-order valence-corrected chi connectivity index (χ0v) is 13.0. The monoisotopic (exact) mass is 311 g/mol. The summed E-state index contributed by atoms with van der Waals surface area (Å²) in [7, 11) is -3.47. The lowest BCUT2D eigenvalue weighted by Gasteiger charge is -2.11. The van der Waals surface area contributed by atoms with E-state index in [1.54, 1.807) is 42.5 Å². The summed E-state index contributed by atoms with van der Waals surface area (Å²) in [4.78, 5) is 5.64. The van der Waals surface area contributed by atoms with E-state index in [1.165, 1.54) is 0 Å². The topological polar surface area (TPSA) is 71.1 Å². The maximum Gasteiger partial charge on any atom is 0.242 e. The van der Waals surface area contributed by atoms with Gasteiger partial charge >= 0.3 is 0 Å². The van der Waals surface area contributed by atoms with Crippen molar-refractivity contribution in [2.24, 2.45) is 0 Å². The summed E-state index contributed by atoms with van der Waals surface area (Å²) < 4.78 is 26.7. The Morgan fingerprint density at radius 2 is 2.05 bits per heavy atom. The minimum atomic E-state index is -3.47. The van der Waals surface area contributed by atoms with E-state index in [1.807, 2.05) is 13.1 Å². The minimum absolute atomic E-state index is 0.259. The van der Waals surface area contributed by atoms with Crippen molar-refractivity contribution in [3.05, 3.63) is 40.3 Å². The molecule has 0 saturated heterocycles. The highest BCUT2D eigenvalue weighted by Gasteiger charge is 2.16. The van der Waals surface area contributed by atoms with Gasteiger partial charge in [-0.2, -0.15) is 0 Å². The molecule has 0 saturated carbocycles. The highest BCUT2D eigenvalue weighted by molar-refractivity contribution is 7.89. The van der Waals surface area contributed by atoms with Gasteiger partial charge in [0, 0.05) is 17.6 Å². The summed E-state index contributed by atoms with van der Waals surface area (Å²) in [6.07, 6.45) is 1.81. The van der Waals surface area contributed by atoms with Gasteiger partial charge < -0.3 is 5.32 Å². The SMILES string of the molecule is CCNS(=O)(=O)c1ccccc1NCc1ncc(C)s1. The second-order valence-corrected chi connectivity index (χ2v) is 7.27. The van der Waals surface area contributed by atoms with E-state index in [2.05, 4.69) is 15.0 Å². The van der Waals surface area contributed by atoms with Gasteiger partial charge in [0.2, 0.25) is 10.0 Å². The number of benzene rings is 1. The molecule has 1 aromatic heterocycles. The van der Waals surface area contributed by atoms with Gasteiger partial charge in [-0.1, -0.05) is 19.1 Å². The molecular weight excluding hydrogens is 294 g/mol. The van der Waals surface area contributed by atoms with E-state index in [-0.39, 0.29) is 4.90 Å². The predicted molar refractivity (Wildman–Crippen MR) is 81.5 cm³/mol. The molecule has 0 unspecified atom stereocenters. The summed E-state index contributed by atoms with van der Waals surface area (Å²) in [6, 6.07) is 6.86. The average molecular weight is 311 g/mol. The standard InChI is InChI=1S/C13H17N3O2S2/c1-3-16-20(17,18)12-7-5-4-6-11(12)14-9-13-15-8-10(2)19-13/h4-8,14,16H,3,9H2,1-2H3. The van der Waals surface area contributed by atoms with Crippen LogP contribution < -0.4 is 10.0 Å². The largest absolute Gasteiger partial charge is 0.377 e. The highest BCUT2D eigenvalue weighted by Crippen LogP contribution is 2.22. The molecule has 108 valence electrons. The maximum absolute atomic E-state index is 12.1. The Hall–Kier alpha value is -1.44. The molecule has 2 aromatic rings. The van der Waals surface area contributed by atoms with Crippen LogP contribution in [-0.4, -0.2) is 19.9 Å². The van der Waals surface area contributed by atoms with Crippen LogP contribution in [0.3, 0.4) is 0 Å². The Morgan fingerprint density at radius 1 is 1.30 bits per heavy atom. The van der Waals surface area contributed by atoms with Crippen LogP contribution in [0.4, 0.5) is 5.69 Å². The third-order valence-electron chi connectivity index (χ3n) is 2.61. The first-order valence-electron chi connectivity index (χ1n) is 6.27. The number of rotatable bonds is 6. The Bertz CT molecular complexity index is 680. The number of para-hydroxylation sites is 1. The average Bonchev–Trinajstić information content (AvgIpc) is 2.82. The van der Waals surface area contributed by atoms with Crippen molar-refractivity contribution in [1.29, 1.82) is 0 Å². The van der Waals surface area contributed by atoms with Gasteiger partial charge in [0.15, 0.2) is 0 Å². The first-order valence-corrected chi connectivity index (χ1v) is 8.57. The van der Waals surface area contributed by atoms with Crippen LogP contribution in [0, 0.1) is 6.92 Å². The third kappa shape index (κ3) is 3.56. The number of thiazole rings is 1. The zero-order chi connectivity index (χ0) is 14.6. The van der Waals surface area contributed by atoms with Gasteiger partial charge in [-0.3, -0.25) is 0 Å². The second-order valence-electron chi connectivity index (χ2n) is 4.22. The summed E-state index contributed by atoms with van der Waals surface area (Å²) in [6.45, 7) is 4.62. The van der Waals surface area contributed by atoms with Crippen molar-refractivity contribution in [2.75, 3.05) is 11.9 Å². The molecule has 20 heavy (non-hydrogen) atoms. The van der Waals surface area contributed by atoms with Crippen molar-refractivity contribution >= 4 is 27.0 Å². The summed E-state index contributed by atoms with van der Waals surface area (Å²) in [5, 5.41) is 4.06. The van der Waals surface area contributed by atoms with Gasteiger partial charge in [-0.05, 0) is 19.1 Å². The van der Waals surface area contributed by atoms with Crippen molar-refractivity contribution in [1.82, 2.24) is 9.71 Å². The van der Waals surface area contributed by atoms with Crippen molar-refractivity contribution < 1.29 is 8.42 Å². The Balaban J connectivity index is 2.20. The lowest BCUT2D eigenvalue weighted by molar-refractivity contribution is 0.584. The molecule has 0 bridgehead atoms. The number of hydrogen-bond donors (Lipinski definition) is 2. The van der Waals surface area contributed by atoms with Gasteiger partial charge in [0.1, 0.15) is 9.90 Å². The van der Waals surface area contributed by atoms with Gasteiger partial charge in [-0.15, -0.1) is 11.3 Å². The molecule has 0 radical (unpaired) electrons. The van der Waals surface area contributed by atoms with Gasteiger partial charge in [0.05, 0.1) is 12.2 Å². The van der Waals surface area contributed by atoms with Crippen molar-refractivity contribution in [2.45, 2.75) is 25.3 Å². The fourth-order valence-electron chi connectivity index (χ4n) is 1.77. The summed E-state index contributed by atoms with van der Waals surface area (Å²) >= 11 is 1.59. The van der Waals surface area contributed by atoms with Crippen LogP contribution in [0.1, 0.15) is 16.8 Å². The van der Waals surface area contributed by atoms with E-state index in [4.69, 9.17) is 0 Å². The fourth-order valence-corrected chi connectivity index (χ4v) is 3.72. The number of nitrogens with one attached hydrogen (secondary N) is 2. The molecule has 7 heteroatoms. The molecule has 0 aliphatic carbocycles. The number of sulfonamides is 1. The molecule has 2 N–H and O–H groups in total. The van der Waals surface area contributed by atoms with E-state index in [0.29, 0.717) is 18.8 Å². The summed E-state index contributed by atoms with van der Waals surface area (Å²) in [5.41, 5.74) is 0.585. The Labute approximate surface area is 123 Å². The predicted octanol–water partition coefficient (Wildman–Crippen LogP) is 2.36. The first-order chi connectivity index (χ1) is 9.53. The van der Waals surface area contributed by atoms with Gasteiger partial charge in [-0.25, -0.2) is 18.1 Å².